The number of hydrogen-bond donors (Lipinski definition) is 0. The number of nitrogens with zero attached hydrogens (tertiary/aromatic N) is 2. The molecule has 2 aromatic rings. The zero-order valence-corrected chi connectivity index (χ0v) is 15.0. The molecule has 1 aliphatic heterocycles. The van der Waals surface area contributed by atoms with Gasteiger partial charge in [-0.3, -0.25) is 9.98 Å². The molecule has 2 aromatic carbocycles. The zero-order valence-electron chi connectivity index (χ0n) is 15.0. The summed E-state index contributed by atoms with van der Waals surface area (Å²) in [6.07, 6.45) is 5.30. The molecular weight excluding hydrogens is 330 g/mol. The number of rotatable bonds is 5. The second kappa shape index (κ2) is 7.73. The van der Waals surface area contributed by atoms with Gasteiger partial charge in [0.1, 0.15) is 23.7 Å². The summed E-state index contributed by atoms with van der Waals surface area (Å²) in [5.74, 6) is -1.11. The molecule has 134 valence electrons. The number of benzene rings is 2. The van der Waals surface area contributed by atoms with Gasteiger partial charge >= 0.3 is 0 Å². The summed E-state index contributed by atoms with van der Waals surface area (Å²) >= 11 is 0. The predicted octanol–water partition coefficient (Wildman–Crippen LogP) is 6.02. The van der Waals surface area contributed by atoms with Crippen molar-refractivity contribution in [1.82, 2.24) is 0 Å². The Bertz CT molecular complexity index is 843. The van der Waals surface area contributed by atoms with Crippen LogP contribution in [0.2, 0.25) is 0 Å². The molecule has 2 nitrogen and oxygen atoms in total. The molecule has 0 amide bonds. The van der Waals surface area contributed by atoms with E-state index in [0.717, 1.165) is 29.7 Å². The summed E-state index contributed by atoms with van der Waals surface area (Å²) in [7, 11) is 0. The van der Waals surface area contributed by atoms with Crippen LogP contribution >= 0.6 is 0 Å². The highest BCUT2D eigenvalue weighted by Gasteiger charge is 2.28. The van der Waals surface area contributed by atoms with Gasteiger partial charge < -0.3 is 0 Å². The van der Waals surface area contributed by atoms with Crippen molar-refractivity contribution < 1.29 is 8.78 Å². The van der Waals surface area contributed by atoms with Crippen LogP contribution < -0.4 is 0 Å². The average Bonchev–Trinajstić information content (AvgIpc) is 2.66. The van der Waals surface area contributed by atoms with Gasteiger partial charge in [0.2, 0.25) is 0 Å². The van der Waals surface area contributed by atoms with Gasteiger partial charge in [0.25, 0.3) is 0 Å². The van der Waals surface area contributed by atoms with E-state index in [9.17, 15) is 8.78 Å². The fourth-order valence-corrected chi connectivity index (χ4v) is 3.11. The van der Waals surface area contributed by atoms with Gasteiger partial charge in [-0.05, 0) is 42.2 Å². The van der Waals surface area contributed by atoms with E-state index >= 15 is 0 Å². The Morgan fingerprint density at radius 3 is 2.27 bits per heavy atom. The molecule has 0 unspecified atom stereocenters. The van der Waals surface area contributed by atoms with E-state index in [1.54, 1.807) is 12.3 Å². The third kappa shape index (κ3) is 3.64. The van der Waals surface area contributed by atoms with Crippen LogP contribution in [0.25, 0.3) is 6.08 Å². The predicted molar refractivity (Wildman–Crippen MR) is 104 cm³/mol. The van der Waals surface area contributed by atoms with Crippen molar-refractivity contribution in [3.63, 3.8) is 0 Å². The Labute approximate surface area is 153 Å². The highest BCUT2D eigenvalue weighted by Crippen LogP contribution is 2.38. The van der Waals surface area contributed by atoms with E-state index in [4.69, 9.17) is 4.99 Å². The molecule has 0 spiro atoms. The lowest BCUT2D eigenvalue weighted by atomic mass is 9.91. The van der Waals surface area contributed by atoms with Crippen molar-refractivity contribution in [2.75, 3.05) is 0 Å². The van der Waals surface area contributed by atoms with Gasteiger partial charge in [0.15, 0.2) is 0 Å². The Morgan fingerprint density at radius 2 is 1.69 bits per heavy atom. The van der Waals surface area contributed by atoms with Crippen LogP contribution in [0.1, 0.15) is 54.1 Å². The van der Waals surface area contributed by atoms with Crippen molar-refractivity contribution in [1.29, 1.82) is 0 Å². The lowest BCUT2D eigenvalue weighted by Gasteiger charge is -2.26. The first kappa shape index (κ1) is 18.2. The maximum atomic E-state index is 14.1. The topological polar surface area (TPSA) is 24.7 Å². The lowest BCUT2D eigenvalue weighted by Crippen LogP contribution is -2.18. The molecule has 0 aliphatic carbocycles. The summed E-state index contributed by atoms with van der Waals surface area (Å²) in [5, 5.41) is 0. The molecule has 26 heavy (non-hydrogen) atoms. The molecule has 4 heteroatoms. The minimum Gasteiger partial charge on any atom is -0.281 e. The standard InChI is InChI=1S/C22H22F2N2/c1-4-6-18-13-25-21(17-11-19(23)14(3)20(24)12-17)22(26-18)16-9-7-15(5-2)8-10-16/h5,7-13,21-22H,2,4,6H2,1,3H3/t21-,22+/m1/s1. The first-order chi connectivity index (χ1) is 12.5. The van der Waals surface area contributed by atoms with E-state index in [2.05, 4.69) is 18.5 Å². The maximum absolute atomic E-state index is 14.1. The van der Waals surface area contributed by atoms with Crippen LogP contribution in [-0.4, -0.2) is 11.9 Å². The number of aliphatic imine (C=N–C) groups is 2. The maximum Gasteiger partial charge on any atom is 0.129 e. The van der Waals surface area contributed by atoms with Crippen LogP contribution in [0, 0.1) is 18.6 Å². The average molecular weight is 352 g/mol. The quantitative estimate of drug-likeness (QED) is 0.628. The van der Waals surface area contributed by atoms with E-state index in [0.29, 0.717) is 5.56 Å². The Morgan fingerprint density at radius 1 is 1.04 bits per heavy atom. The van der Waals surface area contributed by atoms with Crippen molar-refractivity contribution in [2.24, 2.45) is 9.98 Å². The summed E-state index contributed by atoms with van der Waals surface area (Å²) in [6.45, 7) is 7.28. The van der Waals surface area contributed by atoms with Crippen LogP contribution in [0.5, 0.6) is 0 Å². The lowest BCUT2D eigenvalue weighted by molar-refractivity contribution is 0.537. The summed E-state index contributed by atoms with van der Waals surface area (Å²) in [4.78, 5) is 9.44. The molecule has 0 saturated carbocycles. The Kier molecular flexibility index (Phi) is 5.40. The van der Waals surface area contributed by atoms with Gasteiger partial charge in [-0.15, -0.1) is 0 Å². The summed E-state index contributed by atoms with van der Waals surface area (Å²) in [6, 6.07) is 9.85. The minimum absolute atomic E-state index is 0.0237. The van der Waals surface area contributed by atoms with Crippen molar-refractivity contribution >= 4 is 18.0 Å². The summed E-state index contributed by atoms with van der Waals surface area (Å²) < 4.78 is 28.2. The second-order valence-electron chi connectivity index (χ2n) is 6.52. The molecular formula is C22H22F2N2. The molecule has 1 heterocycles. The van der Waals surface area contributed by atoms with Crippen LogP contribution in [0.15, 0.2) is 53.0 Å². The molecule has 0 N–H and O–H groups in total. The van der Waals surface area contributed by atoms with Crippen LogP contribution in [-0.2, 0) is 0 Å². The van der Waals surface area contributed by atoms with Crippen LogP contribution in [0.4, 0.5) is 8.78 Å². The van der Waals surface area contributed by atoms with Gasteiger partial charge in [-0.2, -0.15) is 0 Å². The monoisotopic (exact) mass is 352 g/mol. The van der Waals surface area contributed by atoms with E-state index < -0.39 is 17.7 Å². The van der Waals surface area contributed by atoms with Crippen molar-refractivity contribution in [3.8, 4) is 0 Å². The first-order valence-electron chi connectivity index (χ1n) is 8.81. The second-order valence-corrected chi connectivity index (χ2v) is 6.52. The van der Waals surface area contributed by atoms with Crippen LogP contribution in [0.3, 0.4) is 0 Å². The molecule has 0 bridgehead atoms. The fourth-order valence-electron chi connectivity index (χ4n) is 3.11. The van der Waals surface area contributed by atoms with Gasteiger partial charge in [-0.1, -0.05) is 50.3 Å². The molecule has 0 fully saturated rings. The molecule has 0 saturated heterocycles. The highest BCUT2D eigenvalue weighted by molar-refractivity contribution is 6.31. The largest absolute Gasteiger partial charge is 0.281 e. The molecule has 1 aliphatic rings. The number of halogens is 2. The smallest absolute Gasteiger partial charge is 0.129 e. The zero-order chi connectivity index (χ0) is 18.7. The number of hydrogen-bond acceptors (Lipinski definition) is 2. The molecule has 3 rings (SSSR count). The van der Waals surface area contributed by atoms with Gasteiger partial charge in [0.05, 0.1) is 5.71 Å². The molecule has 0 radical (unpaired) electrons. The third-order valence-electron chi connectivity index (χ3n) is 4.65. The summed E-state index contributed by atoms with van der Waals surface area (Å²) in [5.41, 5.74) is 3.41. The Hall–Kier alpha value is -2.62. The third-order valence-corrected chi connectivity index (χ3v) is 4.65. The van der Waals surface area contributed by atoms with E-state index in [1.165, 1.54) is 19.1 Å². The first-order valence-corrected chi connectivity index (χ1v) is 8.81. The minimum atomic E-state index is -0.556. The Balaban J connectivity index is 2.04. The molecule has 2 atom stereocenters. The SMILES string of the molecule is C=Cc1ccc([C@@H]2N=C(CCC)C=N[C@@H]2c2cc(F)c(C)c(F)c2)cc1. The van der Waals surface area contributed by atoms with Gasteiger partial charge in [-0.25, -0.2) is 8.78 Å². The normalized spacial score (nSPS) is 19.3. The van der Waals surface area contributed by atoms with Crippen molar-refractivity contribution in [3.05, 3.63) is 76.9 Å². The van der Waals surface area contributed by atoms with Crippen molar-refractivity contribution in [2.45, 2.75) is 38.8 Å². The van der Waals surface area contributed by atoms with Gasteiger partial charge in [0, 0.05) is 11.8 Å². The fraction of sp³-hybridized carbons (Fsp3) is 0.273. The van der Waals surface area contributed by atoms with E-state index in [1.807, 2.05) is 24.3 Å². The van der Waals surface area contributed by atoms with E-state index in [-0.39, 0.29) is 11.6 Å². The highest BCUT2D eigenvalue weighted by atomic mass is 19.1. The molecule has 0 aromatic heterocycles.